The van der Waals surface area contributed by atoms with E-state index in [9.17, 15) is 36.6 Å². The summed E-state index contributed by atoms with van der Waals surface area (Å²) in [6, 6.07) is 4.90. The molecule has 4 atom stereocenters. The van der Waals surface area contributed by atoms with Crippen molar-refractivity contribution in [2.75, 3.05) is 13.2 Å². The van der Waals surface area contributed by atoms with Crippen LogP contribution in [0.2, 0.25) is 0 Å². The molecule has 0 unspecified atom stereocenters. The Balaban J connectivity index is 1.40. The van der Waals surface area contributed by atoms with Gasteiger partial charge in [-0.3, -0.25) is 9.59 Å². The third-order valence-corrected chi connectivity index (χ3v) is 7.62. The third-order valence-electron chi connectivity index (χ3n) is 7.62. The average Bonchev–Trinajstić information content (AvgIpc) is 3.46. The fraction of sp³-hybridized carbons (Fsp3) is 0.481. The molecule has 2 N–H and O–H groups in total. The van der Waals surface area contributed by atoms with Crippen molar-refractivity contribution in [1.82, 2.24) is 10.2 Å². The number of likely N-dealkylation sites (tertiary alicyclic amines) is 1. The number of carbonyl (C=O) groups is 2. The maximum atomic E-state index is 14.8. The maximum absolute atomic E-state index is 14.8. The van der Waals surface area contributed by atoms with Crippen molar-refractivity contribution in [3.63, 3.8) is 0 Å². The molecular formula is C27H27F5N2O4. The number of hydrogen-bond acceptors (Lipinski definition) is 4. The van der Waals surface area contributed by atoms with E-state index in [1.54, 1.807) is 38.1 Å². The zero-order chi connectivity index (χ0) is 27.6. The summed E-state index contributed by atoms with van der Waals surface area (Å²) in [5.74, 6) is -4.27. The molecule has 6 nitrogen and oxygen atoms in total. The Morgan fingerprint density at radius 3 is 2.39 bits per heavy atom. The lowest BCUT2D eigenvalue weighted by Gasteiger charge is -2.36. The van der Waals surface area contributed by atoms with Gasteiger partial charge >= 0.3 is 6.18 Å². The number of rotatable bonds is 6. The number of fused-ring (bicyclic) bond motifs is 1. The first kappa shape index (κ1) is 26.6. The summed E-state index contributed by atoms with van der Waals surface area (Å²) in [5.41, 5.74) is -2.49. The summed E-state index contributed by atoms with van der Waals surface area (Å²) in [7, 11) is 0. The first-order valence-electron chi connectivity index (χ1n) is 12.4. The van der Waals surface area contributed by atoms with E-state index in [0.29, 0.717) is 23.6 Å². The Bertz CT molecular complexity index is 1270. The van der Waals surface area contributed by atoms with Gasteiger partial charge in [-0.15, -0.1) is 0 Å². The van der Waals surface area contributed by atoms with Gasteiger partial charge < -0.3 is 20.1 Å². The van der Waals surface area contributed by atoms with Gasteiger partial charge in [0.1, 0.15) is 17.7 Å². The number of hydrogen-bond donors (Lipinski definition) is 2. The molecule has 2 aliphatic heterocycles. The molecule has 0 spiro atoms. The lowest BCUT2D eigenvalue weighted by Crippen LogP contribution is -2.51. The van der Waals surface area contributed by atoms with Crippen molar-refractivity contribution < 1.29 is 41.4 Å². The summed E-state index contributed by atoms with van der Waals surface area (Å²) in [5, 5.41) is 13.0. The van der Waals surface area contributed by atoms with Gasteiger partial charge in [0.05, 0.1) is 30.4 Å². The number of ether oxygens (including phenoxy) is 1. The van der Waals surface area contributed by atoms with E-state index in [1.165, 1.54) is 4.90 Å². The molecule has 2 amide bonds. The third kappa shape index (κ3) is 4.89. The number of benzene rings is 2. The van der Waals surface area contributed by atoms with Crippen molar-refractivity contribution in [1.29, 1.82) is 0 Å². The van der Waals surface area contributed by atoms with Crippen LogP contribution in [0.1, 0.15) is 59.8 Å². The van der Waals surface area contributed by atoms with Crippen LogP contribution in [0.3, 0.4) is 0 Å². The summed E-state index contributed by atoms with van der Waals surface area (Å²) in [4.78, 5) is 28.4. The molecule has 2 saturated heterocycles. The molecule has 0 bridgehead atoms. The van der Waals surface area contributed by atoms with Crippen molar-refractivity contribution in [2.24, 2.45) is 11.8 Å². The molecule has 204 valence electrons. The monoisotopic (exact) mass is 538 g/mol. The minimum Gasteiger partial charge on any atom is -0.386 e. The zero-order valence-corrected chi connectivity index (χ0v) is 20.7. The molecule has 0 radical (unpaired) electrons. The number of aliphatic hydroxyl groups is 1. The molecule has 1 aliphatic carbocycles. The van der Waals surface area contributed by atoms with Gasteiger partial charge in [-0.25, -0.2) is 8.78 Å². The van der Waals surface area contributed by atoms with Crippen molar-refractivity contribution in [3.8, 4) is 0 Å². The molecule has 2 aromatic carbocycles. The fourth-order valence-corrected chi connectivity index (χ4v) is 5.33. The Morgan fingerprint density at radius 2 is 1.79 bits per heavy atom. The molecular weight excluding hydrogens is 511 g/mol. The van der Waals surface area contributed by atoms with Crippen LogP contribution in [-0.2, 0) is 21.3 Å². The van der Waals surface area contributed by atoms with E-state index in [1.807, 2.05) is 0 Å². The highest BCUT2D eigenvalue weighted by molar-refractivity contribution is 5.99. The van der Waals surface area contributed by atoms with E-state index in [0.717, 1.165) is 6.42 Å². The standard InChI is InChI=1S/C27H27F5N2O4/c1-26(2,37)16-5-3-4-13(6-16)25(36)34-21-7-14(21)8-22(34)24(35)33-23(15-11-38-12-15)17-9-20(29)18(10-19(17)28)27(30,31)32/h3-6,9-10,14-15,21-23,37H,7-8,11-12H2,1-2H3,(H,33,35)/t14-,21-,22-,23-/m1/s1. The lowest BCUT2D eigenvalue weighted by molar-refractivity contribution is -0.140. The van der Waals surface area contributed by atoms with Crippen LogP contribution >= 0.6 is 0 Å². The number of carbonyl (C=O) groups excluding carboxylic acids is 2. The number of nitrogens with zero attached hydrogens (tertiary/aromatic N) is 1. The Labute approximate surface area is 215 Å². The SMILES string of the molecule is CC(C)(O)c1cccc(C(=O)N2[C@@H](C(=O)N[C@@H](c3cc(F)c(C(F)(F)F)cc3F)C3COC3)C[C@H]3C[C@H]32)c1. The Kier molecular flexibility index (Phi) is 6.50. The van der Waals surface area contributed by atoms with Crippen LogP contribution in [-0.4, -0.2) is 47.1 Å². The second kappa shape index (κ2) is 9.30. The van der Waals surface area contributed by atoms with E-state index in [2.05, 4.69) is 5.32 Å². The second-order valence-corrected chi connectivity index (χ2v) is 10.8. The molecule has 5 rings (SSSR count). The van der Waals surface area contributed by atoms with Gasteiger partial charge in [0.25, 0.3) is 5.91 Å². The van der Waals surface area contributed by atoms with Gasteiger partial charge in [-0.05, 0) is 62.4 Å². The minimum absolute atomic E-state index is 0.0968. The molecule has 0 aromatic heterocycles. The van der Waals surface area contributed by atoms with Crippen LogP contribution in [0.4, 0.5) is 22.0 Å². The molecule has 1 saturated carbocycles. The van der Waals surface area contributed by atoms with Gasteiger partial charge in [0.15, 0.2) is 0 Å². The average molecular weight is 539 g/mol. The van der Waals surface area contributed by atoms with Gasteiger partial charge in [-0.2, -0.15) is 13.2 Å². The van der Waals surface area contributed by atoms with Crippen LogP contribution in [0.5, 0.6) is 0 Å². The van der Waals surface area contributed by atoms with Crippen molar-refractivity contribution >= 4 is 11.8 Å². The second-order valence-electron chi connectivity index (χ2n) is 10.8. The number of amides is 2. The summed E-state index contributed by atoms with van der Waals surface area (Å²) in [6.07, 6.45) is -3.96. The molecule has 3 aliphatic rings. The van der Waals surface area contributed by atoms with E-state index in [-0.39, 0.29) is 31.2 Å². The topological polar surface area (TPSA) is 78.9 Å². The first-order valence-corrected chi connectivity index (χ1v) is 12.4. The molecule has 38 heavy (non-hydrogen) atoms. The van der Waals surface area contributed by atoms with Crippen LogP contribution in [0.15, 0.2) is 36.4 Å². The first-order chi connectivity index (χ1) is 17.8. The fourth-order valence-electron chi connectivity index (χ4n) is 5.33. The number of piperidine rings is 1. The van der Waals surface area contributed by atoms with Crippen LogP contribution < -0.4 is 5.32 Å². The van der Waals surface area contributed by atoms with Crippen LogP contribution in [0, 0.1) is 23.5 Å². The Morgan fingerprint density at radius 1 is 1.08 bits per heavy atom. The zero-order valence-electron chi connectivity index (χ0n) is 20.7. The predicted octanol–water partition coefficient (Wildman–Crippen LogP) is 4.32. The summed E-state index contributed by atoms with van der Waals surface area (Å²) >= 11 is 0. The van der Waals surface area contributed by atoms with Crippen molar-refractivity contribution in [3.05, 3.63) is 70.3 Å². The summed E-state index contributed by atoms with van der Waals surface area (Å²) < 4.78 is 73.5. The van der Waals surface area contributed by atoms with Gasteiger partial charge in [-0.1, -0.05) is 12.1 Å². The normalized spacial score (nSPS) is 24.0. The highest BCUT2D eigenvalue weighted by Crippen LogP contribution is 2.49. The largest absolute Gasteiger partial charge is 0.419 e. The smallest absolute Gasteiger partial charge is 0.386 e. The number of halogens is 5. The van der Waals surface area contributed by atoms with Gasteiger partial charge in [0, 0.05) is 23.1 Å². The number of alkyl halides is 3. The molecule has 2 heterocycles. The lowest BCUT2D eigenvalue weighted by atomic mass is 9.89. The quantitative estimate of drug-likeness (QED) is 0.538. The van der Waals surface area contributed by atoms with E-state index in [4.69, 9.17) is 4.74 Å². The number of nitrogens with one attached hydrogen (secondary N) is 1. The van der Waals surface area contributed by atoms with Gasteiger partial charge in [0.2, 0.25) is 5.91 Å². The molecule has 2 aromatic rings. The van der Waals surface area contributed by atoms with E-state index >= 15 is 0 Å². The van der Waals surface area contributed by atoms with E-state index < -0.39 is 64.4 Å². The van der Waals surface area contributed by atoms with Crippen molar-refractivity contribution in [2.45, 2.75) is 56.6 Å². The predicted molar refractivity (Wildman–Crippen MR) is 125 cm³/mol. The minimum atomic E-state index is -5.07. The maximum Gasteiger partial charge on any atom is 0.419 e. The highest BCUT2D eigenvalue weighted by Gasteiger charge is 2.56. The highest BCUT2D eigenvalue weighted by atomic mass is 19.4. The molecule has 3 fully saturated rings. The Hall–Kier alpha value is -3.05. The van der Waals surface area contributed by atoms with Crippen LogP contribution in [0.25, 0.3) is 0 Å². The summed E-state index contributed by atoms with van der Waals surface area (Å²) in [6.45, 7) is 3.39. The molecule has 11 heteroatoms.